The summed E-state index contributed by atoms with van der Waals surface area (Å²) in [6.07, 6.45) is 0.975. The van der Waals surface area contributed by atoms with Gasteiger partial charge in [-0.25, -0.2) is 0 Å². The molecular weight excluding hydrogens is 228 g/mol. The van der Waals surface area contributed by atoms with Gasteiger partial charge in [-0.15, -0.1) is 11.3 Å². The van der Waals surface area contributed by atoms with Crippen LogP contribution in [0.1, 0.15) is 17.4 Å². The number of nitrogens with zero attached hydrogens (tertiary/aromatic N) is 1. The zero-order valence-corrected chi connectivity index (χ0v) is 11.6. The molecule has 0 saturated heterocycles. The summed E-state index contributed by atoms with van der Waals surface area (Å²) in [6, 6.07) is 8.86. The Balaban J connectivity index is 2.48. The Morgan fingerprint density at radius 1 is 1.29 bits per heavy atom. The molecule has 0 radical (unpaired) electrons. The van der Waals surface area contributed by atoms with E-state index in [2.05, 4.69) is 50.2 Å². The quantitative estimate of drug-likeness (QED) is 0.901. The zero-order valence-electron chi connectivity index (χ0n) is 10.7. The summed E-state index contributed by atoms with van der Waals surface area (Å²) in [4.78, 5) is 3.66. The van der Waals surface area contributed by atoms with E-state index in [1.165, 1.54) is 20.5 Å². The second-order valence-electron chi connectivity index (χ2n) is 4.92. The minimum Gasteiger partial charge on any atom is -0.328 e. The molecule has 0 fully saturated rings. The van der Waals surface area contributed by atoms with Crippen LogP contribution in [0.2, 0.25) is 0 Å². The van der Waals surface area contributed by atoms with Gasteiger partial charge in [0.25, 0.3) is 0 Å². The highest BCUT2D eigenvalue weighted by molar-refractivity contribution is 7.19. The fraction of sp³-hybridized carbons (Fsp3) is 0.429. The van der Waals surface area contributed by atoms with E-state index in [0.29, 0.717) is 0 Å². The molecule has 0 aliphatic rings. The molecule has 3 heteroatoms. The highest BCUT2D eigenvalue weighted by Crippen LogP contribution is 2.32. The first-order valence-electron chi connectivity index (χ1n) is 5.97. The number of nitrogens with two attached hydrogens (primary N) is 1. The molecule has 0 amide bonds. The predicted molar refractivity (Wildman–Crippen MR) is 76.6 cm³/mol. The van der Waals surface area contributed by atoms with Crippen LogP contribution in [-0.2, 0) is 13.0 Å². The van der Waals surface area contributed by atoms with Gasteiger partial charge in [0.1, 0.15) is 0 Å². The average Bonchev–Trinajstić information content (AvgIpc) is 2.55. The van der Waals surface area contributed by atoms with E-state index in [1.54, 1.807) is 0 Å². The largest absolute Gasteiger partial charge is 0.328 e. The van der Waals surface area contributed by atoms with E-state index in [-0.39, 0.29) is 6.04 Å². The summed E-state index contributed by atoms with van der Waals surface area (Å²) >= 11 is 1.89. The van der Waals surface area contributed by atoms with Gasteiger partial charge in [0.05, 0.1) is 0 Å². The Kier molecular flexibility index (Phi) is 3.82. The Labute approximate surface area is 107 Å². The first-order chi connectivity index (χ1) is 8.08. The maximum atomic E-state index is 5.94. The van der Waals surface area contributed by atoms with Crippen LogP contribution < -0.4 is 5.73 Å². The number of rotatable bonds is 4. The van der Waals surface area contributed by atoms with Crippen molar-refractivity contribution in [3.63, 3.8) is 0 Å². The molecule has 0 aliphatic heterocycles. The van der Waals surface area contributed by atoms with Crippen molar-refractivity contribution >= 4 is 21.4 Å². The van der Waals surface area contributed by atoms with Gasteiger partial charge in [-0.3, -0.25) is 0 Å². The minimum absolute atomic E-state index is 0.226. The maximum absolute atomic E-state index is 5.94. The van der Waals surface area contributed by atoms with Crippen molar-refractivity contribution in [2.24, 2.45) is 5.73 Å². The first kappa shape index (κ1) is 12.6. The third kappa shape index (κ3) is 2.86. The lowest BCUT2D eigenvalue weighted by atomic mass is 10.1. The van der Waals surface area contributed by atoms with E-state index in [1.807, 2.05) is 11.3 Å². The summed E-state index contributed by atoms with van der Waals surface area (Å²) in [5.74, 6) is 0. The molecule has 2 nitrogen and oxygen atoms in total. The topological polar surface area (TPSA) is 29.3 Å². The van der Waals surface area contributed by atoms with Crippen LogP contribution in [0.4, 0.5) is 0 Å². The molecule has 2 aromatic rings. The van der Waals surface area contributed by atoms with Crippen molar-refractivity contribution in [1.82, 2.24) is 4.90 Å². The third-order valence-corrected chi connectivity index (χ3v) is 4.00. The van der Waals surface area contributed by atoms with Crippen molar-refractivity contribution in [3.05, 3.63) is 34.7 Å². The monoisotopic (exact) mass is 248 g/mol. The molecular formula is C14H20N2S. The average molecular weight is 248 g/mol. The number of fused-ring (bicyclic) bond motifs is 1. The minimum atomic E-state index is 0.226. The van der Waals surface area contributed by atoms with E-state index in [0.717, 1.165) is 13.0 Å². The first-order valence-corrected chi connectivity index (χ1v) is 6.79. The molecule has 17 heavy (non-hydrogen) atoms. The molecule has 1 aromatic heterocycles. The van der Waals surface area contributed by atoms with Crippen molar-refractivity contribution in [1.29, 1.82) is 0 Å². The SMILES string of the molecule is CC(N)Cc1sc2ccccc2c1CN(C)C. The van der Waals surface area contributed by atoms with E-state index in [4.69, 9.17) is 5.73 Å². The lowest BCUT2D eigenvalue weighted by Gasteiger charge is -2.12. The second-order valence-corrected chi connectivity index (χ2v) is 6.06. The maximum Gasteiger partial charge on any atom is 0.0349 e. The summed E-state index contributed by atoms with van der Waals surface area (Å²) < 4.78 is 1.38. The number of hydrogen-bond acceptors (Lipinski definition) is 3. The summed E-state index contributed by atoms with van der Waals surface area (Å²) in [7, 11) is 4.23. The number of benzene rings is 1. The fourth-order valence-electron chi connectivity index (χ4n) is 2.10. The van der Waals surface area contributed by atoms with Gasteiger partial charge in [-0.1, -0.05) is 18.2 Å². The Morgan fingerprint density at radius 3 is 2.65 bits per heavy atom. The molecule has 2 rings (SSSR count). The zero-order chi connectivity index (χ0) is 12.4. The van der Waals surface area contributed by atoms with E-state index in [9.17, 15) is 0 Å². The Morgan fingerprint density at radius 2 is 2.00 bits per heavy atom. The summed E-state index contributed by atoms with van der Waals surface area (Å²) in [6.45, 7) is 3.07. The number of hydrogen-bond donors (Lipinski definition) is 1. The van der Waals surface area contributed by atoms with Crippen molar-refractivity contribution in [2.75, 3.05) is 14.1 Å². The molecule has 1 unspecified atom stereocenters. The van der Waals surface area contributed by atoms with Gasteiger partial charge in [0.2, 0.25) is 0 Å². The fourth-order valence-corrected chi connectivity index (χ4v) is 3.45. The normalized spacial score (nSPS) is 13.5. The standard InChI is InChI=1S/C14H20N2S/c1-10(15)8-14-12(9-16(2)3)11-6-4-5-7-13(11)17-14/h4-7,10H,8-9,15H2,1-3H3. The molecule has 1 heterocycles. The van der Waals surface area contributed by atoms with Gasteiger partial charge >= 0.3 is 0 Å². The van der Waals surface area contributed by atoms with Crippen LogP contribution in [0.25, 0.3) is 10.1 Å². The lowest BCUT2D eigenvalue weighted by Crippen LogP contribution is -2.19. The van der Waals surface area contributed by atoms with Gasteiger partial charge in [0.15, 0.2) is 0 Å². The molecule has 0 saturated carbocycles. The van der Waals surface area contributed by atoms with E-state index < -0.39 is 0 Å². The van der Waals surface area contributed by atoms with Crippen LogP contribution in [0.3, 0.4) is 0 Å². The summed E-state index contributed by atoms with van der Waals surface area (Å²) in [5, 5.41) is 1.39. The molecule has 0 bridgehead atoms. The Hall–Kier alpha value is -0.900. The van der Waals surface area contributed by atoms with Gasteiger partial charge in [-0.2, -0.15) is 0 Å². The summed E-state index contributed by atoms with van der Waals surface area (Å²) in [5.41, 5.74) is 7.39. The van der Waals surface area contributed by atoms with Crippen molar-refractivity contribution in [2.45, 2.75) is 25.9 Å². The van der Waals surface area contributed by atoms with Gasteiger partial charge in [0, 0.05) is 22.2 Å². The second kappa shape index (κ2) is 5.17. The molecule has 2 N–H and O–H groups in total. The molecule has 1 atom stereocenters. The highest BCUT2D eigenvalue weighted by atomic mass is 32.1. The van der Waals surface area contributed by atoms with Crippen LogP contribution in [0, 0.1) is 0 Å². The van der Waals surface area contributed by atoms with Gasteiger partial charge in [-0.05, 0) is 44.5 Å². The van der Waals surface area contributed by atoms with Crippen molar-refractivity contribution < 1.29 is 0 Å². The molecule has 92 valence electrons. The van der Waals surface area contributed by atoms with Crippen LogP contribution >= 0.6 is 11.3 Å². The molecule has 0 spiro atoms. The highest BCUT2D eigenvalue weighted by Gasteiger charge is 2.13. The molecule has 0 aliphatic carbocycles. The van der Waals surface area contributed by atoms with Gasteiger partial charge < -0.3 is 10.6 Å². The molecule has 1 aromatic carbocycles. The smallest absolute Gasteiger partial charge is 0.0349 e. The Bertz CT molecular complexity index is 500. The predicted octanol–water partition coefficient (Wildman–Crippen LogP) is 2.85. The van der Waals surface area contributed by atoms with Crippen LogP contribution in [0.15, 0.2) is 24.3 Å². The van der Waals surface area contributed by atoms with Crippen molar-refractivity contribution in [3.8, 4) is 0 Å². The van der Waals surface area contributed by atoms with E-state index >= 15 is 0 Å². The number of thiophene rings is 1. The van der Waals surface area contributed by atoms with Crippen LogP contribution in [0.5, 0.6) is 0 Å². The lowest BCUT2D eigenvalue weighted by molar-refractivity contribution is 0.403. The third-order valence-electron chi connectivity index (χ3n) is 2.76. The van der Waals surface area contributed by atoms with Crippen LogP contribution in [-0.4, -0.2) is 25.0 Å².